The summed E-state index contributed by atoms with van der Waals surface area (Å²) in [6.07, 6.45) is 0.369. The van der Waals surface area contributed by atoms with Crippen molar-refractivity contribution < 1.29 is 14.3 Å². The minimum absolute atomic E-state index is 0.0713. The molecule has 0 radical (unpaired) electrons. The summed E-state index contributed by atoms with van der Waals surface area (Å²) in [5.41, 5.74) is 2.59. The molecule has 1 N–H and O–H groups in total. The lowest BCUT2D eigenvalue weighted by atomic mass is 9.86. The van der Waals surface area contributed by atoms with Crippen LogP contribution in [0, 0.1) is 0 Å². The van der Waals surface area contributed by atoms with E-state index in [0.29, 0.717) is 17.2 Å². The standard InChI is InChI=1S/C31H37ClN2O3/c1-22(2)33-30(36)27(19-23-13-7-6-8-14-23)34(20-24-15-9-11-17-26(24)32)29(35)21-37-28-18-12-10-16-25(28)31(3,4)5/h6-18,22,27H,19-21H2,1-5H3,(H,33,36). The summed E-state index contributed by atoms with van der Waals surface area (Å²) in [5, 5.41) is 3.54. The molecule has 0 heterocycles. The molecule has 1 unspecified atom stereocenters. The van der Waals surface area contributed by atoms with Crippen molar-refractivity contribution in [3.63, 3.8) is 0 Å². The Labute approximate surface area is 225 Å². The molecule has 3 rings (SSSR count). The maximum atomic E-state index is 13.8. The summed E-state index contributed by atoms with van der Waals surface area (Å²) < 4.78 is 6.08. The lowest BCUT2D eigenvalue weighted by molar-refractivity contribution is -0.143. The van der Waals surface area contributed by atoms with Gasteiger partial charge in [0.05, 0.1) is 0 Å². The topological polar surface area (TPSA) is 58.6 Å². The van der Waals surface area contributed by atoms with Crippen LogP contribution in [0.2, 0.25) is 5.02 Å². The molecule has 0 aliphatic rings. The van der Waals surface area contributed by atoms with Crippen molar-refractivity contribution in [2.45, 2.75) is 65.1 Å². The number of rotatable bonds is 10. The second-order valence-electron chi connectivity index (χ2n) is 10.5. The predicted octanol–water partition coefficient (Wildman–Crippen LogP) is 6.18. The van der Waals surface area contributed by atoms with Crippen LogP contribution in [-0.4, -0.2) is 35.4 Å². The van der Waals surface area contributed by atoms with Crippen molar-refractivity contribution in [1.29, 1.82) is 0 Å². The smallest absolute Gasteiger partial charge is 0.261 e. The highest BCUT2D eigenvalue weighted by Gasteiger charge is 2.31. The molecule has 0 bridgehead atoms. The van der Waals surface area contributed by atoms with Gasteiger partial charge in [0, 0.05) is 24.0 Å². The Kier molecular flexibility index (Phi) is 9.76. The quantitative estimate of drug-likeness (QED) is 0.347. The van der Waals surface area contributed by atoms with Crippen molar-refractivity contribution in [2.75, 3.05) is 6.61 Å². The van der Waals surface area contributed by atoms with Crippen LogP contribution < -0.4 is 10.1 Å². The molecule has 0 aliphatic carbocycles. The van der Waals surface area contributed by atoms with Crippen molar-refractivity contribution in [2.24, 2.45) is 0 Å². The van der Waals surface area contributed by atoms with E-state index in [0.717, 1.165) is 16.7 Å². The van der Waals surface area contributed by atoms with E-state index in [-0.39, 0.29) is 36.4 Å². The molecule has 0 spiro atoms. The Hall–Kier alpha value is -3.31. The number of hydrogen-bond acceptors (Lipinski definition) is 3. The van der Waals surface area contributed by atoms with Gasteiger partial charge in [-0.3, -0.25) is 9.59 Å². The average molecular weight is 521 g/mol. The summed E-state index contributed by atoms with van der Waals surface area (Å²) in [6.45, 7) is 10.1. The molecule has 5 nitrogen and oxygen atoms in total. The van der Waals surface area contributed by atoms with E-state index in [1.165, 1.54) is 0 Å². The molecule has 0 saturated carbocycles. The van der Waals surface area contributed by atoms with Gasteiger partial charge in [0.1, 0.15) is 11.8 Å². The Balaban J connectivity index is 1.95. The van der Waals surface area contributed by atoms with Gasteiger partial charge in [-0.1, -0.05) is 99.1 Å². The molecular weight excluding hydrogens is 484 g/mol. The van der Waals surface area contributed by atoms with Gasteiger partial charge in [0.25, 0.3) is 5.91 Å². The monoisotopic (exact) mass is 520 g/mol. The number of amides is 2. The largest absolute Gasteiger partial charge is 0.483 e. The van der Waals surface area contributed by atoms with E-state index in [9.17, 15) is 9.59 Å². The average Bonchev–Trinajstić information content (AvgIpc) is 2.85. The van der Waals surface area contributed by atoms with E-state index in [2.05, 4.69) is 26.1 Å². The summed E-state index contributed by atoms with van der Waals surface area (Å²) in [5.74, 6) is 0.158. The summed E-state index contributed by atoms with van der Waals surface area (Å²) in [6, 6.07) is 24.0. The zero-order valence-electron chi connectivity index (χ0n) is 22.3. The highest BCUT2D eigenvalue weighted by molar-refractivity contribution is 6.31. The maximum absolute atomic E-state index is 13.8. The summed E-state index contributed by atoms with van der Waals surface area (Å²) >= 11 is 6.48. The summed E-state index contributed by atoms with van der Waals surface area (Å²) in [4.78, 5) is 28.8. The summed E-state index contributed by atoms with van der Waals surface area (Å²) in [7, 11) is 0. The first-order valence-electron chi connectivity index (χ1n) is 12.7. The third kappa shape index (κ3) is 8.09. The molecule has 0 saturated heterocycles. The molecule has 3 aromatic carbocycles. The highest BCUT2D eigenvalue weighted by Crippen LogP contribution is 2.31. The molecule has 0 aromatic heterocycles. The fourth-order valence-electron chi connectivity index (χ4n) is 4.18. The van der Waals surface area contributed by atoms with Gasteiger partial charge < -0.3 is 15.0 Å². The Bertz CT molecular complexity index is 1190. The molecule has 1 atom stereocenters. The van der Waals surface area contributed by atoms with Gasteiger partial charge in [0.15, 0.2) is 6.61 Å². The number of nitrogens with zero attached hydrogens (tertiary/aromatic N) is 1. The van der Waals surface area contributed by atoms with Crippen LogP contribution in [0.15, 0.2) is 78.9 Å². The highest BCUT2D eigenvalue weighted by atomic mass is 35.5. The molecule has 0 fully saturated rings. The minimum atomic E-state index is -0.741. The van der Waals surface area contributed by atoms with Crippen LogP contribution in [0.1, 0.15) is 51.3 Å². The fourth-order valence-corrected chi connectivity index (χ4v) is 4.37. The van der Waals surface area contributed by atoms with E-state index in [1.54, 1.807) is 11.0 Å². The normalized spacial score (nSPS) is 12.2. The van der Waals surface area contributed by atoms with Gasteiger partial charge in [-0.15, -0.1) is 0 Å². The van der Waals surface area contributed by atoms with Crippen LogP contribution in [-0.2, 0) is 28.0 Å². The Morgan fingerprint density at radius 1 is 0.919 bits per heavy atom. The van der Waals surface area contributed by atoms with Crippen LogP contribution in [0.4, 0.5) is 0 Å². The number of carbonyl (C=O) groups excluding carboxylic acids is 2. The van der Waals surface area contributed by atoms with Crippen LogP contribution >= 0.6 is 11.6 Å². The van der Waals surface area contributed by atoms with E-state index < -0.39 is 6.04 Å². The van der Waals surface area contributed by atoms with Gasteiger partial charge in [0.2, 0.25) is 5.91 Å². The number of halogens is 1. The molecule has 3 aromatic rings. The number of nitrogens with one attached hydrogen (secondary N) is 1. The van der Waals surface area contributed by atoms with E-state index in [1.807, 2.05) is 86.6 Å². The van der Waals surface area contributed by atoms with Crippen molar-refractivity contribution in [1.82, 2.24) is 10.2 Å². The number of hydrogen-bond donors (Lipinski definition) is 1. The Morgan fingerprint density at radius 3 is 2.19 bits per heavy atom. The lowest BCUT2D eigenvalue weighted by Gasteiger charge is -2.32. The van der Waals surface area contributed by atoms with Crippen LogP contribution in [0.5, 0.6) is 5.75 Å². The van der Waals surface area contributed by atoms with Gasteiger partial charge in [-0.05, 0) is 48.1 Å². The Morgan fingerprint density at radius 2 is 1.54 bits per heavy atom. The molecule has 2 amide bonds. The first kappa shape index (κ1) is 28.3. The number of para-hydroxylation sites is 1. The number of benzene rings is 3. The molecule has 0 aliphatic heterocycles. The first-order chi connectivity index (χ1) is 17.6. The molecule has 196 valence electrons. The lowest BCUT2D eigenvalue weighted by Crippen LogP contribution is -2.52. The molecule has 6 heteroatoms. The second-order valence-corrected chi connectivity index (χ2v) is 10.9. The van der Waals surface area contributed by atoms with Crippen LogP contribution in [0.25, 0.3) is 0 Å². The fraction of sp³-hybridized carbons (Fsp3) is 0.355. The maximum Gasteiger partial charge on any atom is 0.261 e. The zero-order valence-corrected chi connectivity index (χ0v) is 23.1. The minimum Gasteiger partial charge on any atom is -0.483 e. The number of carbonyl (C=O) groups is 2. The predicted molar refractivity (Wildman–Crippen MR) is 150 cm³/mol. The van der Waals surface area contributed by atoms with Crippen molar-refractivity contribution >= 4 is 23.4 Å². The van der Waals surface area contributed by atoms with Gasteiger partial charge >= 0.3 is 0 Å². The van der Waals surface area contributed by atoms with E-state index >= 15 is 0 Å². The van der Waals surface area contributed by atoms with Gasteiger partial charge in [-0.25, -0.2) is 0 Å². The van der Waals surface area contributed by atoms with E-state index in [4.69, 9.17) is 16.3 Å². The molecular formula is C31H37ClN2O3. The number of ether oxygens (including phenoxy) is 1. The third-order valence-corrected chi connectivity index (χ3v) is 6.42. The first-order valence-corrected chi connectivity index (χ1v) is 13.0. The molecule has 37 heavy (non-hydrogen) atoms. The SMILES string of the molecule is CC(C)NC(=O)C(Cc1ccccc1)N(Cc1ccccc1Cl)C(=O)COc1ccccc1C(C)(C)C. The third-order valence-electron chi connectivity index (χ3n) is 6.05. The van der Waals surface area contributed by atoms with Crippen LogP contribution in [0.3, 0.4) is 0 Å². The van der Waals surface area contributed by atoms with Gasteiger partial charge in [-0.2, -0.15) is 0 Å². The van der Waals surface area contributed by atoms with Crippen molar-refractivity contribution in [3.05, 3.63) is 101 Å². The second kappa shape index (κ2) is 12.8. The van der Waals surface area contributed by atoms with Crippen molar-refractivity contribution in [3.8, 4) is 5.75 Å². The zero-order chi connectivity index (χ0) is 27.0.